The van der Waals surface area contributed by atoms with Gasteiger partial charge in [-0.1, -0.05) is 29.8 Å². The summed E-state index contributed by atoms with van der Waals surface area (Å²) < 4.78 is 4.93. The fraction of sp³-hybridized carbons (Fsp3) is 0. The molecule has 0 saturated heterocycles. The predicted molar refractivity (Wildman–Crippen MR) is 61.3 cm³/mol. The van der Waals surface area contributed by atoms with Crippen molar-refractivity contribution in [1.82, 2.24) is 10.2 Å². The van der Waals surface area contributed by atoms with E-state index in [0.29, 0.717) is 5.56 Å². The van der Waals surface area contributed by atoms with Gasteiger partial charge >= 0.3 is 5.97 Å². The van der Waals surface area contributed by atoms with E-state index in [9.17, 15) is 9.59 Å². The molecule has 86 valence electrons. The van der Waals surface area contributed by atoms with Crippen molar-refractivity contribution < 1.29 is 9.53 Å². The van der Waals surface area contributed by atoms with E-state index in [-0.39, 0.29) is 10.9 Å². The van der Waals surface area contributed by atoms with Crippen LogP contribution in [0.1, 0.15) is 10.4 Å². The Hall–Kier alpha value is -2.14. The molecule has 1 aromatic carbocycles. The van der Waals surface area contributed by atoms with Crippen LogP contribution in [-0.2, 0) is 0 Å². The van der Waals surface area contributed by atoms with Crippen molar-refractivity contribution >= 4 is 17.6 Å². The Kier molecular flexibility index (Phi) is 3.20. The van der Waals surface area contributed by atoms with Gasteiger partial charge in [-0.05, 0) is 12.1 Å². The molecule has 17 heavy (non-hydrogen) atoms. The average Bonchev–Trinajstić information content (AvgIpc) is 2.35. The molecular weight excluding hydrogens is 244 g/mol. The zero-order valence-electron chi connectivity index (χ0n) is 8.51. The molecule has 0 aliphatic heterocycles. The highest BCUT2D eigenvalue weighted by Crippen LogP contribution is 2.11. The maximum Gasteiger partial charge on any atom is 0.344 e. The third-order valence-corrected chi connectivity index (χ3v) is 2.22. The molecule has 0 amide bonds. The largest absolute Gasteiger partial charge is 0.402 e. The van der Waals surface area contributed by atoms with Crippen LogP contribution in [0.15, 0.2) is 41.2 Å². The number of ether oxygens (including phenoxy) is 1. The van der Waals surface area contributed by atoms with E-state index >= 15 is 0 Å². The lowest BCUT2D eigenvalue weighted by Gasteiger charge is -2.02. The van der Waals surface area contributed by atoms with Gasteiger partial charge in [-0.3, -0.25) is 4.79 Å². The van der Waals surface area contributed by atoms with Gasteiger partial charge in [-0.2, -0.15) is 0 Å². The fourth-order valence-electron chi connectivity index (χ4n) is 1.15. The van der Waals surface area contributed by atoms with Gasteiger partial charge in [0.15, 0.2) is 0 Å². The van der Waals surface area contributed by atoms with E-state index in [0.717, 1.165) is 0 Å². The first-order valence-electron chi connectivity index (χ1n) is 4.69. The van der Waals surface area contributed by atoms with Crippen molar-refractivity contribution in [1.29, 1.82) is 0 Å². The maximum absolute atomic E-state index is 11.6. The summed E-state index contributed by atoms with van der Waals surface area (Å²) in [7, 11) is 0. The smallest absolute Gasteiger partial charge is 0.344 e. The van der Waals surface area contributed by atoms with E-state index in [1.54, 1.807) is 30.3 Å². The lowest BCUT2D eigenvalue weighted by molar-refractivity contribution is 0.0725. The van der Waals surface area contributed by atoms with E-state index in [4.69, 9.17) is 16.3 Å². The molecule has 0 bridgehead atoms. The number of nitrogens with one attached hydrogen (secondary N) is 1. The highest BCUT2D eigenvalue weighted by atomic mass is 35.5. The van der Waals surface area contributed by atoms with Crippen LogP contribution in [0.2, 0.25) is 5.02 Å². The Morgan fingerprint density at radius 3 is 2.65 bits per heavy atom. The van der Waals surface area contributed by atoms with Crippen molar-refractivity contribution in [2.45, 2.75) is 0 Å². The molecular formula is C11H7ClN2O3. The van der Waals surface area contributed by atoms with Crippen molar-refractivity contribution in [3.8, 4) is 5.88 Å². The van der Waals surface area contributed by atoms with E-state index in [1.165, 1.54) is 6.07 Å². The summed E-state index contributed by atoms with van der Waals surface area (Å²) in [5.41, 5.74) is -0.150. The zero-order chi connectivity index (χ0) is 12.3. The van der Waals surface area contributed by atoms with Crippen molar-refractivity contribution in [2.24, 2.45) is 0 Å². The van der Waals surface area contributed by atoms with Crippen LogP contribution < -0.4 is 10.3 Å². The molecule has 6 heteroatoms. The number of hydrogen-bond donors (Lipinski definition) is 1. The van der Waals surface area contributed by atoms with Gasteiger partial charge in [0.1, 0.15) is 5.02 Å². The number of halogens is 1. The Balaban J connectivity index is 2.19. The average molecular weight is 251 g/mol. The van der Waals surface area contributed by atoms with E-state index < -0.39 is 11.5 Å². The minimum absolute atomic E-state index is 0.0524. The van der Waals surface area contributed by atoms with Gasteiger partial charge in [-0.15, -0.1) is 5.10 Å². The van der Waals surface area contributed by atoms with Crippen molar-refractivity contribution in [3.05, 3.63) is 57.3 Å². The summed E-state index contributed by atoms with van der Waals surface area (Å²) in [5, 5.41) is 5.56. The number of rotatable bonds is 2. The van der Waals surface area contributed by atoms with Crippen molar-refractivity contribution in [3.63, 3.8) is 0 Å². The lowest BCUT2D eigenvalue weighted by atomic mass is 10.2. The molecule has 0 unspecified atom stereocenters. The zero-order valence-corrected chi connectivity index (χ0v) is 9.27. The highest BCUT2D eigenvalue weighted by Gasteiger charge is 2.09. The Morgan fingerprint density at radius 2 is 2.00 bits per heavy atom. The van der Waals surface area contributed by atoms with E-state index in [2.05, 4.69) is 10.2 Å². The molecule has 2 rings (SSSR count). The standard InChI is InChI=1S/C11H7ClN2O3/c12-8-6-9(13-14-10(8)15)17-11(16)7-4-2-1-3-5-7/h1-6H,(H,14,15). The number of aromatic nitrogens is 2. The number of hydrogen-bond acceptors (Lipinski definition) is 4. The normalized spacial score (nSPS) is 9.94. The SMILES string of the molecule is O=C(Oc1cc(Cl)c(=O)[nH]n1)c1ccccc1. The summed E-state index contributed by atoms with van der Waals surface area (Å²) in [6.07, 6.45) is 0. The van der Waals surface area contributed by atoms with Crippen LogP contribution in [0, 0.1) is 0 Å². The monoisotopic (exact) mass is 250 g/mol. The van der Waals surface area contributed by atoms with Crippen LogP contribution in [0.4, 0.5) is 0 Å². The number of H-pyrrole nitrogens is 1. The second-order valence-electron chi connectivity index (χ2n) is 3.14. The predicted octanol–water partition coefficient (Wildman–Crippen LogP) is 1.64. The molecule has 5 nitrogen and oxygen atoms in total. The number of carbonyl (C=O) groups is 1. The third kappa shape index (κ3) is 2.70. The van der Waals surface area contributed by atoms with Crippen LogP contribution >= 0.6 is 11.6 Å². The van der Waals surface area contributed by atoms with Gasteiger partial charge in [0.05, 0.1) is 5.56 Å². The number of carbonyl (C=O) groups excluding carboxylic acids is 1. The molecule has 0 spiro atoms. The third-order valence-electron chi connectivity index (χ3n) is 1.94. The maximum atomic E-state index is 11.6. The van der Waals surface area contributed by atoms with E-state index in [1.807, 2.05) is 0 Å². The number of nitrogens with zero attached hydrogens (tertiary/aromatic N) is 1. The van der Waals surface area contributed by atoms with Gasteiger partial charge in [-0.25, -0.2) is 9.89 Å². The molecule has 1 aromatic heterocycles. The minimum atomic E-state index is -0.568. The number of esters is 1. The van der Waals surface area contributed by atoms with Gasteiger partial charge < -0.3 is 4.74 Å². The van der Waals surface area contributed by atoms with Crippen molar-refractivity contribution in [2.75, 3.05) is 0 Å². The molecule has 0 saturated carbocycles. The first-order valence-corrected chi connectivity index (χ1v) is 5.07. The lowest BCUT2D eigenvalue weighted by Crippen LogP contribution is -2.13. The van der Waals surface area contributed by atoms with Crippen LogP contribution in [-0.4, -0.2) is 16.2 Å². The molecule has 0 radical (unpaired) electrons. The second-order valence-corrected chi connectivity index (χ2v) is 3.55. The van der Waals surface area contributed by atoms with Crippen LogP contribution in [0.3, 0.4) is 0 Å². The van der Waals surface area contributed by atoms with Crippen LogP contribution in [0.5, 0.6) is 5.88 Å². The van der Waals surface area contributed by atoms with Gasteiger partial charge in [0.2, 0.25) is 5.88 Å². The molecule has 0 aliphatic carbocycles. The van der Waals surface area contributed by atoms with Crippen LogP contribution in [0.25, 0.3) is 0 Å². The molecule has 1 heterocycles. The van der Waals surface area contributed by atoms with Gasteiger partial charge in [0.25, 0.3) is 5.56 Å². The molecule has 0 aliphatic rings. The summed E-state index contributed by atoms with van der Waals surface area (Å²) in [4.78, 5) is 22.5. The molecule has 0 atom stereocenters. The fourth-order valence-corrected chi connectivity index (χ4v) is 1.28. The Morgan fingerprint density at radius 1 is 1.29 bits per heavy atom. The van der Waals surface area contributed by atoms with Gasteiger partial charge in [0, 0.05) is 6.07 Å². The molecule has 1 N–H and O–H groups in total. The number of benzene rings is 1. The Bertz CT molecular complexity index is 595. The highest BCUT2D eigenvalue weighted by molar-refractivity contribution is 6.30. The topological polar surface area (TPSA) is 72.1 Å². The minimum Gasteiger partial charge on any atom is -0.402 e. The quantitative estimate of drug-likeness (QED) is 0.823. The first kappa shape index (κ1) is 11.3. The Labute approximate surface area is 101 Å². The number of aromatic amines is 1. The second kappa shape index (κ2) is 4.80. The summed E-state index contributed by atoms with van der Waals surface area (Å²) >= 11 is 5.57. The summed E-state index contributed by atoms with van der Waals surface area (Å²) in [6, 6.07) is 9.60. The summed E-state index contributed by atoms with van der Waals surface area (Å²) in [5.74, 6) is -0.621. The molecule has 0 fully saturated rings. The first-order chi connectivity index (χ1) is 8.16. The summed E-state index contributed by atoms with van der Waals surface area (Å²) in [6.45, 7) is 0. The molecule has 2 aromatic rings.